The number of hydrogen-bond acceptors (Lipinski definition) is 3. The highest BCUT2D eigenvalue weighted by molar-refractivity contribution is 5.77. The Bertz CT molecular complexity index is 560. The molecule has 2 aliphatic rings. The number of anilines is 1. The van der Waals surface area contributed by atoms with E-state index in [1.807, 2.05) is 6.07 Å². The molecule has 2 saturated heterocycles. The Morgan fingerprint density at radius 2 is 1.95 bits per heavy atom. The average Bonchev–Trinajstić information content (AvgIpc) is 3.03. The molecule has 0 saturated carbocycles. The molecule has 0 aliphatic carbocycles. The predicted octanol–water partition coefficient (Wildman–Crippen LogP) is 2.67. The van der Waals surface area contributed by atoms with E-state index in [1.54, 1.807) is 0 Å². The van der Waals surface area contributed by atoms with Crippen molar-refractivity contribution in [2.45, 2.75) is 50.7 Å². The van der Waals surface area contributed by atoms with E-state index in [2.05, 4.69) is 40.3 Å². The molecule has 4 nitrogen and oxygen atoms in total. The lowest BCUT2D eigenvalue weighted by Crippen LogP contribution is -2.48. The molecule has 4 heteroatoms. The molecule has 0 radical (unpaired) electrons. The van der Waals surface area contributed by atoms with Crippen LogP contribution in [0.15, 0.2) is 24.3 Å². The zero-order valence-electron chi connectivity index (χ0n) is 12.0. The number of rotatable bonds is 3. The maximum Gasteiger partial charge on any atom is 0.204 e. The van der Waals surface area contributed by atoms with Crippen LogP contribution in [0.3, 0.4) is 0 Å². The van der Waals surface area contributed by atoms with Crippen molar-refractivity contribution >= 4 is 17.0 Å². The summed E-state index contributed by atoms with van der Waals surface area (Å²) in [6.07, 6.45) is 5.19. The highest BCUT2D eigenvalue weighted by atomic mass is 15.3. The highest BCUT2D eigenvalue weighted by Crippen LogP contribution is 2.31. The Balaban J connectivity index is 1.63. The Kier molecular flexibility index (Phi) is 2.91. The number of piperidine rings is 1. The van der Waals surface area contributed by atoms with Gasteiger partial charge in [0.1, 0.15) is 0 Å². The van der Waals surface area contributed by atoms with Crippen molar-refractivity contribution in [3.8, 4) is 0 Å². The first-order valence-electron chi connectivity index (χ1n) is 7.81. The van der Waals surface area contributed by atoms with Gasteiger partial charge in [-0.1, -0.05) is 12.1 Å². The minimum absolute atomic E-state index is 0.624. The van der Waals surface area contributed by atoms with Crippen molar-refractivity contribution in [1.29, 1.82) is 0 Å². The summed E-state index contributed by atoms with van der Waals surface area (Å²) >= 11 is 0. The summed E-state index contributed by atoms with van der Waals surface area (Å²) in [4.78, 5) is 10.7. The van der Waals surface area contributed by atoms with Gasteiger partial charge in [-0.2, -0.15) is 0 Å². The first kappa shape index (κ1) is 12.2. The molecule has 1 aromatic carbocycles. The monoisotopic (exact) mass is 270 g/mol. The Morgan fingerprint density at radius 1 is 1.20 bits per heavy atom. The average molecular weight is 270 g/mol. The zero-order chi connectivity index (χ0) is 13.5. The molecule has 0 amide bonds. The number of imidazole rings is 1. The van der Waals surface area contributed by atoms with Gasteiger partial charge in [-0.05, 0) is 44.7 Å². The van der Waals surface area contributed by atoms with Crippen LogP contribution in [-0.2, 0) is 0 Å². The summed E-state index contributed by atoms with van der Waals surface area (Å²) in [5, 5.41) is 3.72. The number of nitrogens with zero attached hydrogens (tertiary/aromatic N) is 2. The van der Waals surface area contributed by atoms with Crippen LogP contribution in [0.4, 0.5) is 5.95 Å². The smallest absolute Gasteiger partial charge is 0.204 e. The van der Waals surface area contributed by atoms with Crippen molar-refractivity contribution in [2.75, 3.05) is 11.4 Å². The van der Waals surface area contributed by atoms with Gasteiger partial charge >= 0.3 is 0 Å². The minimum atomic E-state index is 0.624. The third-order valence-corrected chi connectivity index (χ3v) is 4.88. The van der Waals surface area contributed by atoms with Gasteiger partial charge < -0.3 is 15.2 Å². The second-order valence-corrected chi connectivity index (χ2v) is 6.13. The van der Waals surface area contributed by atoms with Gasteiger partial charge in [0.25, 0.3) is 0 Å². The lowest BCUT2D eigenvalue weighted by atomic mass is 9.98. The first-order chi connectivity index (χ1) is 9.83. The van der Waals surface area contributed by atoms with Gasteiger partial charge in [-0.15, -0.1) is 0 Å². The van der Waals surface area contributed by atoms with Crippen LogP contribution in [0.1, 0.15) is 32.6 Å². The molecule has 20 heavy (non-hydrogen) atoms. The SMILES string of the molecule is CCN(c1nc2ccccc2[nH]1)C1CC2CCC(C1)N2. The third kappa shape index (κ3) is 1.99. The topological polar surface area (TPSA) is 44.0 Å². The van der Waals surface area contributed by atoms with Crippen LogP contribution in [0, 0.1) is 0 Å². The Morgan fingerprint density at radius 3 is 2.65 bits per heavy atom. The number of hydrogen-bond donors (Lipinski definition) is 2. The van der Waals surface area contributed by atoms with Crippen LogP contribution in [0.25, 0.3) is 11.0 Å². The predicted molar refractivity (Wildman–Crippen MR) is 82.1 cm³/mol. The summed E-state index contributed by atoms with van der Waals surface area (Å²) < 4.78 is 0. The fraction of sp³-hybridized carbons (Fsp3) is 0.562. The number of para-hydroxylation sites is 2. The van der Waals surface area contributed by atoms with E-state index in [9.17, 15) is 0 Å². The number of aromatic amines is 1. The molecule has 106 valence electrons. The van der Waals surface area contributed by atoms with E-state index in [4.69, 9.17) is 4.98 Å². The fourth-order valence-corrected chi connectivity index (χ4v) is 3.94. The summed E-state index contributed by atoms with van der Waals surface area (Å²) in [5.74, 6) is 1.04. The van der Waals surface area contributed by atoms with Crippen LogP contribution in [0.5, 0.6) is 0 Å². The summed E-state index contributed by atoms with van der Waals surface area (Å²) in [5.41, 5.74) is 2.20. The molecule has 2 fully saturated rings. The minimum Gasteiger partial charge on any atom is -0.340 e. The van der Waals surface area contributed by atoms with E-state index < -0.39 is 0 Å². The van der Waals surface area contributed by atoms with Crippen molar-refractivity contribution in [1.82, 2.24) is 15.3 Å². The van der Waals surface area contributed by atoms with Crippen molar-refractivity contribution in [3.63, 3.8) is 0 Å². The van der Waals surface area contributed by atoms with Gasteiger partial charge in [0, 0.05) is 24.7 Å². The molecule has 2 aromatic rings. The number of nitrogens with one attached hydrogen (secondary N) is 2. The van der Waals surface area contributed by atoms with Crippen LogP contribution >= 0.6 is 0 Å². The Hall–Kier alpha value is -1.55. The van der Waals surface area contributed by atoms with E-state index in [-0.39, 0.29) is 0 Å². The number of H-pyrrole nitrogens is 1. The molecular weight excluding hydrogens is 248 g/mol. The van der Waals surface area contributed by atoms with Gasteiger partial charge in [0.15, 0.2) is 0 Å². The van der Waals surface area contributed by atoms with Crippen molar-refractivity contribution in [3.05, 3.63) is 24.3 Å². The third-order valence-electron chi connectivity index (χ3n) is 4.88. The quantitative estimate of drug-likeness (QED) is 0.901. The van der Waals surface area contributed by atoms with Gasteiger partial charge in [-0.25, -0.2) is 4.98 Å². The van der Waals surface area contributed by atoms with E-state index >= 15 is 0 Å². The van der Waals surface area contributed by atoms with Crippen LogP contribution < -0.4 is 10.2 Å². The van der Waals surface area contributed by atoms with Gasteiger partial charge in [0.2, 0.25) is 5.95 Å². The summed E-state index contributed by atoms with van der Waals surface area (Å²) in [6, 6.07) is 10.4. The molecule has 2 N–H and O–H groups in total. The Labute approximate surface area is 119 Å². The molecule has 1 aromatic heterocycles. The molecule has 2 aliphatic heterocycles. The molecule has 0 spiro atoms. The molecule has 2 unspecified atom stereocenters. The molecular formula is C16H22N4. The molecule has 2 atom stereocenters. The molecule has 3 heterocycles. The lowest BCUT2D eigenvalue weighted by Gasteiger charge is -2.37. The van der Waals surface area contributed by atoms with E-state index in [1.165, 1.54) is 25.7 Å². The maximum absolute atomic E-state index is 4.78. The van der Waals surface area contributed by atoms with Crippen molar-refractivity contribution in [2.24, 2.45) is 0 Å². The first-order valence-corrected chi connectivity index (χ1v) is 7.81. The molecule has 2 bridgehead atoms. The van der Waals surface area contributed by atoms with E-state index in [0.29, 0.717) is 6.04 Å². The number of aromatic nitrogens is 2. The van der Waals surface area contributed by atoms with Gasteiger partial charge in [0.05, 0.1) is 11.0 Å². The molecule has 4 rings (SSSR count). The number of fused-ring (bicyclic) bond motifs is 3. The largest absolute Gasteiger partial charge is 0.340 e. The second kappa shape index (κ2) is 4.77. The fourth-order valence-electron chi connectivity index (χ4n) is 3.94. The normalized spacial score (nSPS) is 28.9. The standard InChI is InChI=1S/C16H22N4/c1-2-20(13-9-11-7-8-12(10-13)17-11)16-18-14-5-3-4-6-15(14)19-16/h3-6,11-13,17H,2,7-10H2,1H3,(H,18,19). The van der Waals surface area contributed by atoms with E-state index in [0.717, 1.165) is 35.6 Å². The highest BCUT2D eigenvalue weighted by Gasteiger charge is 2.36. The maximum atomic E-state index is 4.78. The van der Waals surface area contributed by atoms with Crippen molar-refractivity contribution < 1.29 is 0 Å². The zero-order valence-corrected chi connectivity index (χ0v) is 12.0. The van der Waals surface area contributed by atoms with Gasteiger partial charge in [-0.3, -0.25) is 0 Å². The summed E-state index contributed by atoms with van der Waals surface area (Å²) in [6.45, 7) is 3.25. The summed E-state index contributed by atoms with van der Waals surface area (Å²) in [7, 11) is 0. The lowest BCUT2D eigenvalue weighted by molar-refractivity contribution is 0.347. The van der Waals surface area contributed by atoms with Crippen LogP contribution in [0.2, 0.25) is 0 Å². The van der Waals surface area contributed by atoms with Crippen LogP contribution in [-0.4, -0.2) is 34.6 Å². The number of benzene rings is 1. The second-order valence-electron chi connectivity index (χ2n) is 6.13.